The zero-order valence-corrected chi connectivity index (χ0v) is 39.2. The van der Waals surface area contributed by atoms with Crippen LogP contribution in [0.5, 0.6) is 0 Å². The molecule has 64 heavy (non-hydrogen) atoms. The molecular weight excluding hydrogens is 837 g/mol. The van der Waals surface area contributed by atoms with E-state index in [1.807, 2.05) is 25.8 Å². The first-order valence-electron chi connectivity index (χ1n) is 23.2. The summed E-state index contributed by atoms with van der Waals surface area (Å²) in [6.45, 7) is 8.72. The standard InChI is InChI=1S/C49H66N4O10S/c1-8-45(58)25-30-26-48(43(56)61-6,39-32(14-18-52(27-30)28-45)33-22-31(64-21-11-20-54)12-13-36(33)50-39)35-23-34-37(24-38(35)60-5)51(4)41-47(34)16-19-53-17-10-15-46(9-2,40(47)53)42(63-29(3)55)49(41,59)44(57)62-7/h10,12-13,15,22-24,30,35,38,40-42,50,54,58-59H,8-9,11,14,16-21,25-28H2,1-7H3/t30-,35?,38?,40+,41-,42-,45+,46-,47-,48+,49+/m1/s1. The number of carbonyl (C=O) groups excluding carboxylic acids is 3. The molecule has 0 radical (unpaired) electrons. The van der Waals surface area contributed by atoms with Crippen molar-refractivity contribution in [2.75, 3.05) is 73.5 Å². The van der Waals surface area contributed by atoms with Crippen molar-refractivity contribution in [3.8, 4) is 0 Å². The molecule has 3 unspecified atom stereocenters. The van der Waals surface area contributed by atoms with Crippen LogP contribution >= 0.6 is 11.8 Å². The summed E-state index contributed by atoms with van der Waals surface area (Å²) >= 11 is 1.69. The SMILES string of the molecule is CC[C@]1(O)C[C@H]2CN(CCc3c([nH]c4ccc(SCCCO)cc34)[C@@](C(=O)OC)(C3C=C4C(=CC3OC)N(C)[C@H]3[C@@](O)(C(=O)OC)[C@H](OC(C)=O)[C@]5(CC)C=CCN6CC[C@]43[C@@H]65)C2)C1. The number of likely N-dealkylation sites (N-methyl/N-ethyl adjacent to an activating group) is 1. The van der Waals surface area contributed by atoms with Gasteiger partial charge in [0.25, 0.3) is 0 Å². The predicted octanol–water partition coefficient (Wildman–Crippen LogP) is 4.11. The van der Waals surface area contributed by atoms with Crippen LogP contribution in [0.1, 0.15) is 70.6 Å². The van der Waals surface area contributed by atoms with Gasteiger partial charge in [-0.3, -0.25) is 19.4 Å². The Hall–Kier alpha value is -3.70. The van der Waals surface area contributed by atoms with Crippen LogP contribution in [-0.2, 0) is 45.2 Å². The molecule has 2 aromatic rings. The number of nitrogens with zero attached hydrogens (tertiary/aromatic N) is 3. The van der Waals surface area contributed by atoms with Crippen LogP contribution in [0.4, 0.5) is 0 Å². The van der Waals surface area contributed by atoms with Gasteiger partial charge in [-0.1, -0.05) is 32.1 Å². The topological polar surface area (TPSA) is 174 Å². The molecule has 15 heteroatoms. The number of likely N-dealkylation sites (tertiary alicyclic amines) is 1. The largest absolute Gasteiger partial charge is 0.468 e. The van der Waals surface area contributed by atoms with Gasteiger partial charge in [0.15, 0.2) is 6.10 Å². The summed E-state index contributed by atoms with van der Waals surface area (Å²) in [6, 6.07) is 5.14. The summed E-state index contributed by atoms with van der Waals surface area (Å²) in [6.07, 6.45) is 10.2. The predicted molar refractivity (Wildman–Crippen MR) is 241 cm³/mol. The second-order valence-corrected chi connectivity index (χ2v) is 20.8. The molecular formula is C49H66N4O10S. The average molecular weight is 903 g/mol. The number of hydrogen-bond donors (Lipinski definition) is 4. The highest BCUT2D eigenvalue weighted by molar-refractivity contribution is 7.99. The van der Waals surface area contributed by atoms with Crippen LogP contribution in [0.25, 0.3) is 10.9 Å². The quantitative estimate of drug-likeness (QED) is 0.0835. The van der Waals surface area contributed by atoms with Crippen molar-refractivity contribution in [3.63, 3.8) is 0 Å². The number of aromatic nitrogens is 1. The molecule has 1 saturated carbocycles. The lowest BCUT2D eigenvalue weighted by Gasteiger charge is -2.63. The lowest BCUT2D eigenvalue weighted by molar-refractivity contribution is -0.243. The van der Waals surface area contributed by atoms with E-state index in [1.165, 1.54) is 21.1 Å². The Kier molecular flexibility index (Phi) is 11.8. The number of aliphatic hydroxyl groups is 3. The molecule has 3 saturated heterocycles. The number of aromatic amines is 1. The lowest BCUT2D eigenvalue weighted by Crippen LogP contribution is -2.79. The van der Waals surface area contributed by atoms with E-state index in [1.54, 1.807) is 18.9 Å². The van der Waals surface area contributed by atoms with E-state index in [4.69, 9.17) is 18.9 Å². The van der Waals surface area contributed by atoms with Gasteiger partial charge in [0.05, 0.1) is 32.0 Å². The number of esters is 3. The maximum absolute atomic E-state index is 15.6. The number of benzene rings is 1. The molecule has 7 aliphatic rings. The Morgan fingerprint density at radius 1 is 1.00 bits per heavy atom. The van der Waals surface area contributed by atoms with Crippen molar-refractivity contribution >= 4 is 40.6 Å². The van der Waals surface area contributed by atoms with Gasteiger partial charge in [0.2, 0.25) is 5.60 Å². The number of thioether (sulfide) groups is 1. The molecule has 5 aliphatic heterocycles. The summed E-state index contributed by atoms with van der Waals surface area (Å²) in [5, 5.41) is 36.1. The zero-order valence-electron chi connectivity index (χ0n) is 38.4. The fraction of sp³-hybridized carbons (Fsp3) is 0.653. The third-order valence-electron chi connectivity index (χ3n) is 16.6. The van der Waals surface area contributed by atoms with Gasteiger partial charge in [-0.2, -0.15) is 0 Å². The number of allylic oxidation sites excluding steroid dienone is 1. The zero-order chi connectivity index (χ0) is 45.6. The summed E-state index contributed by atoms with van der Waals surface area (Å²) in [7, 11) is 6.25. The number of methoxy groups -OCH3 is 3. The number of piperidine rings is 1. The van der Waals surface area contributed by atoms with Gasteiger partial charge in [0, 0.05) is 110 Å². The van der Waals surface area contributed by atoms with Gasteiger partial charge in [-0.05, 0) is 92.8 Å². The molecule has 4 fully saturated rings. The van der Waals surface area contributed by atoms with E-state index in [2.05, 4.69) is 57.3 Å². The Bertz CT molecular complexity index is 2300. The van der Waals surface area contributed by atoms with E-state index >= 15 is 4.79 Å². The lowest BCUT2D eigenvalue weighted by atomic mass is 9.47. The van der Waals surface area contributed by atoms with Crippen LogP contribution in [-0.4, -0.2) is 162 Å². The van der Waals surface area contributed by atoms with Crippen LogP contribution in [0.2, 0.25) is 0 Å². The molecule has 4 N–H and O–H groups in total. The fourth-order valence-corrected chi connectivity index (χ4v) is 15.2. The first-order chi connectivity index (χ1) is 30.7. The Morgan fingerprint density at radius 2 is 1.78 bits per heavy atom. The van der Waals surface area contributed by atoms with E-state index in [9.17, 15) is 24.9 Å². The number of nitrogens with one attached hydrogen (secondary N) is 1. The molecule has 14 nitrogen and oxygen atoms in total. The third kappa shape index (κ3) is 6.37. The molecule has 348 valence electrons. The number of hydrogen-bond acceptors (Lipinski definition) is 14. The minimum Gasteiger partial charge on any atom is -0.468 e. The smallest absolute Gasteiger partial charge is 0.344 e. The number of aliphatic hydroxyl groups excluding tert-OH is 1. The van der Waals surface area contributed by atoms with E-state index in [-0.39, 0.29) is 18.6 Å². The number of ether oxygens (including phenoxy) is 4. The van der Waals surface area contributed by atoms with Crippen molar-refractivity contribution < 1.29 is 48.7 Å². The molecule has 2 bridgehead atoms. The van der Waals surface area contributed by atoms with E-state index < -0.39 is 69.5 Å². The Labute approximate surface area is 380 Å². The monoisotopic (exact) mass is 902 g/mol. The Morgan fingerprint density at radius 3 is 2.47 bits per heavy atom. The van der Waals surface area contributed by atoms with Crippen molar-refractivity contribution in [1.29, 1.82) is 0 Å². The average Bonchev–Trinajstić information content (AvgIpc) is 3.95. The summed E-state index contributed by atoms with van der Waals surface area (Å²) in [5.74, 6) is -1.86. The minimum absolute atomic E-state index is 0.0972. The van der Waals surface area contributed by atoms with Gasteiger partial charge in [0.1, 0.15) is 5.41 Å². The first kappa shape index (κ1) is 45.5. The van der Waals surface area contributed by atoms with Crippen LogP contribution < -0.4 is 0 Å². The van der Waals surface area contributed by atoms with Crippen LogP contribution in [0, 0.1) is 22.7 Å². The maximum atomic E-state index is 15.6. The maximum Gasteiger partial charge on any atom is 0.344 e. The highest BCUT2D eigenvalue weighted by atomic mass is 32.2. The highest BCUT2D eigenvalue weighted by Gasteiger charge is 2.81. The third-order valence-corrected chi connectivity index (χ3v) is 17.7. The van der Waals surface area contributed by atoms with Crippen molar-refractivity contribution in [2.24, 2.45) is 22.7 Å². The second kappa shape index (κ2) is 16.6. The van der Waals surface area contributed by atoms with Crippen molar-refractivity contribution in [2.45, 2.75) is 112 Å². The molecule has 2 aliphatic carbocycles. The highest BCUT2D eigenvalue weighted by Crippen LogP contribution is 2.70. The summed E-state index contributed by atoms with van der Waals surface area (Å²) < 4.78 is 24.3. The molecule has 12 atom stereocenters. The molecule has 1 spiro atoms. The molecule has 9 rings (SSSR count). The van der Waals surface area contributed by atoms with Gasteiger partial charge < -0.3 is 44.2 Å². The first-order valence-corrected chi connectivity index (χ1v) is 24.2. The molecule has 1 aromatic carbocycles. The van der Waals surface area contributed by atoms with Gasteiger partial charge >= 0.3 is 17.9 Å². The normalized spacial score (nSPS) is 38.7. The summed E-state index contributed by atoms with van der Waals surface area (Å²) in [5.41, 5.74) is -2.08. The van der Waals surface area contributed by atoms with E-state index in [0.717, 1.165) is 44.1 Å². The van der Waals surface area contributed by atoms with Crippen molar-refractivity contribution in [1.82, 2.24) is 19.7 Å². The number of fused-ring (bicyclic) bond motifs is 6. The molecule has 6 heterocycles. The second-order valence-electron chi connectivity index (χ2n) is 19.6. The van der Waals surface area contributed by atoms with Crippen LogP contribution in [0.3, 0.4) is 0 Å². The molecule has 0 amide bonds. The Balaban J connectivity index is 1.32. The fourth-order valence-electron chi connectivity index (χ4n) is 14.3. The van der Waals surface area contributed by atoms with Crippen LogP contribution in [0.15, 0.2) is 58.7 Å². The van der Waals surface area contributed by atoms with E-state index in [0.29, 0.717) is 77.7 Å². The van der Waals surface area contributed by atoms with Crippen molar-refractivity contribution in [3.05, 3.63) is 65.0 Å². The molecule has 1 aromatic heterocycles. The number of carbonyl (C=O) groups is 3. The number of rotatable bonds is 11. The number of H-pyrrole nitrogens is 1. The summed E-state index contributed by atoms with van der Waals surface area (Å²) in [4.78, 5) is 54.8. The van der Waals surface area contributed by atoms with Gasteiger partial charge in [-0.15, -0.1) is 11.8 Å². The van der Waals surface area contributed by atoms with Gasteiger partial charge in [-0.25, -0.2) is 4.79 Å². The minimum atomic E-state index is -2.30.